The van der Waals surface area contributed by atoms with Gasteiger partial charge in [-0.25, -0.2) is 4.79 Å². The summed E-state index contributed by atoms with van der Waals surface area (Å²) in [6.45, 7) is 0. The van der Waals surface area contributed by atoms with Gasteiger partial charge >= 0.3 is 6.09 Å². The fourth-order valence-corrected chi connectivity index (χ4v) is 4.92. The number of nitrogens with zero attached hydrogens (tertiary/aromatic N) is 2. The number of hydrogen-bond acceptors (Lipinski definition) is 4. The molecule has 6 heteroatoms. The second-order valence-electron chi connectivity index (χ2n) is 8.04. The molecule has 3 aromatic rings. The summed E-state index contributed by atoms with van der Waals surface area (Å²) >= 11 is 0. The molecule has 2 amide bonds. The highest BCUT2D eigenvalue weighted by Crippen LogP contribution is 2.51. The van der Waals surface area contributed by atoms with Gasteiger partial charge in [0.2, 0.25) is 6.10 Å². The Morgan fingerprint density at radius 3 is 2.12 bits per heavy atom. The molecule has 6 rings (SSSR count). The summed E-state index contributed by atoms with van der Waals surface area (Å²) in [6.07, 6.45) is 1.44. The summed E-state index contributed by atoms with van der Waals surface area (Å²) in [5.74, 6) is 0.436. The Bertz CT molecular complexity index is 1200. The minimum Gasteiger partial charge on any atom is -0.477 e. The van der Waals surface area contributed by atoms with E-state index >= 15 is 0 Å². The van der Waals surface area contributed by atoms with Crippen molar-refractivity contribution in [2.75, 3.05) is 4.90 Å². The Kier molecular flexibility index (Phi) is 4.08. The van der Waals surface area contributed by atoms with Gasteiger partial charge < -0.3 is 9.47 Å². The Hall–Kier alpha value is -4.06. The van der Waals surface area contributed by atoms with Crippen LogP contribution in [-0.2, 0) is 15.1 Å². The van der Waals surface area contributed by atoms with Gasteiger partial charge in [0, 0.05) is 5.69 Å². The summed E-state index contributed by atoms with van der Waals surface area (Å²) in [6, 6.07) is 28.4. The lowest BCUT2D eigenvalue weighted by Crippen LogP contribution is -2.79. The lowest BCUT2D eigenvalue weighted by Gasteiger charge is -2.60. The first-order valence-corrected chi connectivity index (χ1v) is 10.5. The Morgan fingerprint density at radius 2 is 1.44 bits per heavy atom. The van der Waals surface area contributed by atoms with Gasteiger partial charge in [-0.15, -0.1) is 0 Å². The number of ether oxygens (including phenoxy) is 2. The highest BCUT2D eigenvalue weighted by molar-refractivity contribution is 5.97. The number of carbonyl (C=O) groups is 2. The second kappa shape index (κ2) is 6.99. The molecule has 3 aliphatic heterocycles. The molecule has 0 radical (unpaired) electrons. The van der Waals surface area contributed by atoms with Crippen LogP contribution in [0.4, 0.5) is 10.5 Å². The number of β-lactam (4-membered cyclic amide) rings is 1. The molecule has 0 spiro atoms. The standard InChI is InChI=1S/C26H20N2O4/c29-24-22(31-20-14-8-3-9-15-20)26(18-10-4-1-5-11-18)17-16-21-23(28(24)26)27(25(30)32-21)19-12-6-2-7-13-19/h1-17,21-23H/t21-,22+,23+,26+/m0/s1. The van der Waals surface area contributed by atoms with Crippen LogP contribution in [0.5, 0.6) is 5.75 Å². The third-order valence-electron chi connectivity index (χ3n) is 6.32. The normalized spacial score (nSPS) is 27.9. The van der Waals surface area contributed by atoms with Gasteiger partial charge in [-0.2, -0.15) is 0 Å². The number of hydrogen-bond donors (Lipinski definition) is 0. The molecule has 3 aromatic carbocycles. The van der Waals surface area contributed by atoms with Crippen LogP contribution < -0.4 is 9.64 Å². The summed E-state index contributed by atoms with van der Waals surface area (Å²) in [5.41, 5.74) is 0.751. The first-order valence-electron chi connectivity index (χ1n) is 10.5. The molecule has 6 nitrogen and oxygen atoms in total. The lowest BCUT2D eigenvalue weighted by molar-refractivity contribution is -0.185. The van der Waals surface area contributed by atoms with Crippen LogP contribution >= 0.6 is 0 Å². The molecule has 158 valence electrons. The molecular formula is C26H20N2O4. The first kappa shape index (κ1) is 18.7. The van der Waals surface area contributed by atoms with Crippen molar-refractivity contribution in [3.8, 4) is 5.75 Å². The minimum absolute atomic E-state index is 0.184. The predicted octanol–water partition coefficient (Wildman–Crippen LogP) is 4.09. The molecule has 0 aromatic heterocycles. The largest absolute Gasteiger partial charge is 0.477 e. The second-order valence-corrected chi connectivity index (χ2v) is 8.04. The molecule has 3 aliphatic rings. The molecule has 2 saturated heterocycles. The summed E-state index contributed by atoms with van der Waals surface area (Å²) in [5, 5.41) is 0. The average Bonchev–Trinajstić information content (AvgIpc) is 3.18. The number of fused-ring (bicyclic) bond motifs is 3. The Balaban J connectivity index is 1.47. The van der Waals surface area contributed by atoms with Gasteiger partial charge in [-0.1, -0.05) is 72.8 Å². The Morgan fingerprint density at radius 1 is 0.812 bits per heavy atom. The SMILES string of the molecule is O=C1O[C@H]2C=C[C@@]3(c4ccccc4)[C@H](Oc4ccccc4)C(=O)N3[C@H]2N1c1ccccc1. The summed E-state index contributed by atoms with van der Waals surface area (Å²) < 4.78 is 11.9. The van der Waals surface area contributed by atoms with E-state index < -0.39 is 30.0 Å². The number of carbonyl (C=O) groups excluding carboxylic acids is 2. The van der Waals surface area contributed by atoms with Crippen molar-refractivity contribution in [2.24, 2.45) is 0 Å². The summed E-state index contributed by atoms with van der Waals surface area (Å²) in [4.78, 5) is 29.7. The fourth-order valence-electron chi connectivity index (χ4n) is 4.92. The maximum atomic E-state index is 13.6. The van der Waals surface area contributed by atoms with E-state index in [9.17, 15) is 9.59 Å². The van der Waals surface area contributed by atoms with E-state index in [2.05, 4.69) is 0 Å². The van der Waals surface area contributed by atoms with E-state index in [1.54, 1.807) is 9.80 Å². The van der Waals surface area contributed by atoms with E-state index in [0.29, 0.717) is 11.4 Å². The van der Waals surface area contributed by atoms with Gasteiger partial charge in [0.05, 0.1) is 0 Å². The molecular weight excluding hydrogens is 404 g/mol. The van der Waals surface area contributed by atoms with E-state index in [1.807, 2.05) is 103 Å². The summed E-state index contributed by atoms with van der Waals surface area (Å²) in [7, 11) is 0. The van der Waals surface area contributed by atoms with Crippen LogP contribution in [-0.4, -0.2) is 35.3 Å². The maximum Gasteiger partial charge on any atom is 0.416 e. The van der Waals surface area contributed by atoms with Crippen molar-refractivity contribution in [3.05, 3.63) is 109 Å². The van der Waals surface area contributed by atoms with Crippen molar-refractivity contribution in [3.63, 3.8) is 0 Å². The van der Waals surface area contributed by atoms with Gasteiger partial charge in [0.1, 0.15) is 11.3 Å². The van der Waals surface area contributed by atoms with Crippen molar-refractivity contribution in [2.45, 2.75) is 23.9 Å². The molecule has 0 bridgehead atoms. The zero-order chi connectivity index (χ0) is 21.7. The minimum atomic E-state index is -0.851. The first-order chi connectivity index (χ1) is 15.7. The van der Waals surface area contributed by atoms with Crippen LogP contribution in [0.2, 0.25) is 0 Å². The molecule has 0 N–H and O–H groups in total. The smallest absolute Gasteiger partial charge is 0.416 e. The number of benzene rings is 3. The number of para-hydroxylation sites is 2. The van der Waals surface area contributed by atoms with Crippen molar-refractivity contribution < 1.29 is 19.1 Å². The van der Waals surface area contributed by atoms with E-state index in [-0.39, 0.29) is 5.91 Å². The average molecular weight is 424 g/mol. The molecule has 32 heavy (non-hydrogen) atoms. The van der Waals surface area contributed by atoms with Crippen LogP contribution in [0, 0.1) is 0 Å². The van der Waals surface area contributed by atoms with E-state index in [1.165, 1.54) is 0 Å². The van der Waals surface area contributed by atoms with Crippen LogP contribution in [0.25, 0.3) is 0 Å². The van der Waals surface area contributed by atoms with Crippen LogP contribution in [0.15, 0.2) is 103 Å². The van der Waals surface area contributed by atoms with Gasteiger partial charge in [-0.05, 0) is 35.9 Å². The molecule has 0 aliphatic carbocycles. The van der Waals surface area contributed by atoms with Crippen molar-refractivity contribution >= 4 is 17.7 Å². The molecule has 0 saturated carbocycles. The van der Waals surface area contributed by atoms with Gasteiger partial charge in [-0.3, -0.25) is 14.6 Å². The van der Waals surface area contributed by atoms with Gasteiger partial charge in [0.15, 0.2) is 12.3 Å². The third kappa shape index (κ3) is 2.52. The lowest BCUT2D eigenvalue weighted by atomic mass is 9.71. The molecule has 0 unspecified atom stereocenters. The fraction of sp³-hybridized carbons (Fsp3) is 0.154. The zero-order valence-electron chi connectivity index (χ0n) is 17.1. The van der Waals surface area contributed by atoms with Crippen LogP contribution in [0.1, 0.15) is 5.56 Å². The molecule has 4 atom stereocenters. The number of amides is 2. The molecule has 3 heterocycles. The topological polar surface area (TPSA) is 59.1 Å². The quantitative estimate of drug-likeness (QED) is 0.468. The zero-order valence-corrected chi connectivity index (χ0v) is 17.1. The number of rotatable bonds is 4. The van der Waals surface area contributed by atoms with Crippen molar-refractivity contribution in [1.82, 2.24) is 4.90 Å². The maximum absolute atomic E-state index is 13.6. The van der Waals surface area contributed by atoms with Gasteiger partial charge in [0.25, 0.3) is 5.91 Å². The predicted molar refractivity (Wildman–Crippen MR) is 118 cm³/mol. The third-order valence-corrected chi connectivity index (χ3v) is 6.32. The van der Waals surface area contributed by atoms with Crippen LogP contribution in [0.3, 0.4) is 0 Å². The number of anilines is 1. The Labute approximate surface area is 185 Å². The highest BCUT2D eigenvalue weighted by atomic mass is 16.6. The van der Waals surface area contributed by atoms with E-state index in [4.69, 9.17) is 9.47 Å². The monoisotopic (exact) mass is 424 g/mol. The highest BCUT2D eigenvalue weighted by Gasteiger charge is 2.69. The van der Waals surface area contributed by atoms with E-state index in [0.717, 1.165) is 5.56 Å². The van der Waals surface area contributed by atoms with Crippen molar-refractivity contribution in [1.29, 1.82) is 0 Å². The molecule has 2 fully saturated rings.